The molecule has 0 fully saturated rings. The highest BCUT2D eigenvalue weighted by molar-refractivity contribution is 7.89. The SMILES string of the molecule is COc1ccc(-n2nc(C)c(S(N)(=O)=O)c2C)cc1. The Labute approximate surface area is 111 Å². The minimum Gasteiger partial charge on any atom is -0.497 e. The number of primary sulfonamides is 1. The fraction of sp³-hybridized carbons (Fsp3) is 0.250. The Morgan fingerprint density at radius 3 is 2.21 bits per heavy atom. The largest absolute Gasteiger partial charge is 0.497 e. The van der Waals surface area contributed by atoms with Gasteiger partial charge in [0, 0.05) is 0 Å². The predicted molar refractivity (Wildman–Crippen MR) is 71.0 cm³/mol. The molecule has 0 bridgehead atoms. The Bertz CT molecular complexity index is 703. The van der Waals surface area contributed by atoms with Crippen LogP contribution in [0.1, 0.15) is 11.4 Å². The van der Waals surface area contributed by atoms with E-state index in [9.17, 15) is 8.42 Å². The maximum atomic E-state index is 11.5. The molecule has 0 spiro atoms. The monoisotopic (exact) mass is 281 g/mol. The van der Waals surface area contributed by atoms with Crippen LogP contribution >= 0.6 is 0 Å². The molecule has 0 amide bonds. The van der Waals surface area contributed by atoms with Crippen LogP contribution in [0.4, 0.5) is 0 Å². The van der Waals surface area contributed by atoms with Crippen LogP contribution in [-0.4, -0.2) is 25.3 Å². The number of hydrogen-bond acceptors (Lipinski definition) is 4. The van der Waals surface area contributed by atoms with Gasteiger partial charge in [0.15, 0.2) is 0 Å². The second-order valence-corrected chi connectivity index (χ2v) is 5.65. The average molecular weight is 281 g/mol. The van der Waals surface area contributed by atoms with Gasteiger partial charge in [-0.3, -0.25) is 0 Å². The first-order valence-electron chi connectivity index (χ1n) is 5.58. The van der Waals surface area contributed by atoms with E-state index in [0.29, 0.717) is 11.4 Å². The molecular formula is C12H15N3O3S. The number of methoxy groups -OCH3 is 1. The van der Waals surface area contributed by atoms with Gasteiger partial charge in [0.2, 0.25) is 10.0 Å². The number of rotatable bonds is 3. The van der Waals surface area contributed by atoms with Crippen LogP contribution in [0.15, 0.2) is 29.2 Å². The molecule has 0 aliphatic heterocycles. The Morgan fingerprint density at radius 1 is 1.21 bits per heavy atom. The van der Waals surface area contributed by atoms with Gasteiger partial charge in [-0.25, -0.2) is 18.2 Å². The maximum Gasteiger partial charge on any atom is 0.241 e. The van der Waals surface area contributed by atoms with E-state index in [1.165, 1.54) is 0 Å². The van der Waals surface area contributed by atoms with Crippen LogP contribution in [0.5, 0.6) is 5.75 Å². The third-order valence-corrected chi connectivity index (χ3v) is 3.99. The Morgan fingerprint density at radius 2 is 1.79 bits per heavy atom. The zero-order valence-electron chi connectivity index (χ0n) is 10.9. The summed E-state index contributed by atoms with van der Waals surface area (Å²) in [6, 6.07) is 7.15. The summed E-state index contributed by atoms with van der Waals surface area (Å²) in [5, 5.41) is 9.41. The second-order valence-electron chi connectivity index (χ2n) is 4.15. The molecule has 0 radical (unpaired) electrons. The lowest BCUT2D eigenvalue weighted by Crippen LogP contribution is -2.14. The lowest BCUT2D eigenvalue weighted by molar-refractivity contribution is 0.414. The second kappa shape index (κ2) is 4.67. The van der Waals surface area contributed by atoms with Gasteiger partial charge in [0.1, 0.15) is 10.6 Å². The first kappa shape index (κ1) is 13.6. The molecule has 2 rings (SSSR count). The summed E-state index contributed by atoms with van der Waals surface area (Å²) in [6.07, 6.45) is 0. The van der Waals surface area contributed by atoms with E-state index in [0.717, 1.165) is 11.4 Å². The molecule has 1 aromatic heterocycles. The van der Waals surface area contributed by atoms with Crippen LogP contribution in [0.3, 0.4) is 0 Å². The van der Waals surface area contributed by atoms with E-state index in [2.05, 4.69) is 5.10 Å². The lowest BCUT2D eigenvalue weighted by Gasteiger charge is -2.06. The highest BCUT2D eigenvalue weighted by atomic mass is 32.2. The molecule has 1 heterocycles. The number of aryl methyl sites for hydroxylation is 1. The van der Waals surface area contributed by atoms with Crippen LogP contribution in [0, 0.1) is 13.8 Å². The van der Waals surface area contributed by atoms with Gasteiger partial charge in [0.05, 0.1) is 24.2 Å². The van der Waals surface area contributed by atoms with Crippen molar-refractivity contribution in [3.05, 3.63) is 35.7 Å². The van der Waals surface area contributed by atoms with E-state index >= 15 is 0 Å². The normalized spacial score (nSPS) is 11.6. The summed E-state index contributed by atoms with van der Waals surface area (Å²) in [4.78, 5) is 0.0725. The summed E-state index contributed by atoms with van der Waals surface area (Å²) in [5.74, 6) is 0.719. The molecule has 0 atom stereocenters. The van der Waals surface area contributed by atoms with Gasteiger partial charge in [-0.2, -0.15) is 5.10 Å². The molecular weight excluding hydrogens is 266 g/mol. The molecule has 2 N–H and O–H groups in total. The first-order chi connectivity index (χ1) is 8.84. The summed E-state index contributed by atoms with van der Waals surface area (Å²) < 4.78 is 29.7. The average Bonchev–Trinajstić information content (AvgIpc) is 2.64. The van der Waals surface area contributed by atoms with Gasteiger partial charge in [-0.05, 0) is 38.1 Å². The van der Waals surface area contributed by atoms with Gasteiger partial charge in [-0.1, -0.05) is 0 Å². The van der Waals surface area contributed by atoms with Crippen molar-refractivity contribution in [1.29, 1.82) is 0 Å². The van der Waals surface area contributed by atoms with Crippen molar-refractivity contribution in [2.75, 3.05) is 7.11 Å². The molecule has 0 saturated heterocycles. The van der Waals surface area contributed by atoms with Crippen molar-refractivity contribution in [2.24, 2.45) is 5.14 Å². The molecule has 0 saturated carbocycles. The molecule has 102 valence electrons. The zero-order valence-corrected chi connectivity index (χ0v) is 11.7. The Hall–Kier alpha value is -1.86. The summed E-state index contributed by atoms with van der Waals surface area (Å²) in [6.45, 7) is 3.29. The molecule has 19 heavy (non-hydrogen) atoms. The van der Waals surface area contributed by atoms with E-state index in [1.807, 2.05) is 0 Å². The highest BCUT2D eigenvalue weighted by Crippen LogP contribution is 2.22. The predicted octanol–water partition coefficient (Wildman–Crippen LogP) is 1.15. The number of aromatic nitrogens is 2. The topological polar surface area (TPSA) is 87.2 Å². The highest BCUT2D eigenvalue weighted by Gasteiger charge is 2.21. The fourth-order valence-corrected chi connectivity index (χ4v) is 2.97. The van der Waals surface area contributed by atoms with Gasteiger partial charge >= 0.3 is 0 Å². The van der Waals surface area contributed by atoms with Crippen molar-refractivity contribution in [3.8, 4) is 11.4 Å². The Balaban J connectivity index is 2.58. The molecule has 7 heteroatoms. The molecule has 6 nitrogen and oxygen atoms in total. The third-order valence-electron chi connectivity index (χ3n) is 2.83. The molecule has 0 aliphatic carbocycles. The van der Waals surface area contributed by atoms with E-state index in [-0.39, 0.29) is 4.90 Å². The number of sulfonamides is 1. The van der Waals surface area contributed by atoms with E-state index < -0.39 is 10.0 Å². The van der Waals surface area contributed by atoms with Gasteiger partial charge in [-0.15, -0.1) is 0 Å². The summed E-state index contributed by atoms with van der Waals surface area (Å²) in [7, 11) is -2.19. The van der Waals surface area contributed by atoms with Crippen LogP contribution in [0.25, 0.3) is 5.69 Å². The van der Waals surface area contributed by atoms with Crippen molar-refractivity contribution in [3.63, 3.8) is 0 Å². The van der Waals surface area contributed by atoms with Crippen molar-refractivity contribution in [2.45, 2.75) is 18.7 Å². The fourth-order valence-electron chi connectivity index (χ4n) is 2.01. The van der Waals surface area contributed by atoms with Crippen molar-refractivity contribution >= 4 is 10.0 Å². The lowest BCUT2D eigenvalue weighted by atomic mass is 10.3. The van der Waals surface area contributed by atoms with Crippen molar-refractivity contribution < 1.29 is 13.2 Å². The zero-order chi connectivity index (χ0) is 14.2. The molecule has 2 aromatic rings. The number of nitrogens with two attached hydrogens (primary N) is 1. The standard InChI is InChI=1S/C12H15N3O3S/c1-8-12(19(13,16)17)9(2)15(14-8)10-4-6-11(18-3)7-5-10/h4-7H,1-3H3,(H2,13,16,17). The number of nitrogens with zero attached hydrogens (tertiary/aromatic N) is 2. The first-order valence-corrected chi connectivity index (χ1v) is 7.12. The smallest absolute Gasteiger partial charge is 0.241 e. The van der Waals surface area contributed by atoms with Crippen LogP contribution < -0.4 is 9.88 Å². The number of benzene rings is 1. The van der Waals surface area contributed by atoms with E-state index in [1.54, 1.807) is 49.9 Å². The van der Waals surface area contributed by atoms with Crippen LogP contribution in [-0.2, 0) is 10.0 Å². The maximum absolute atomic E-state index is 11.5. The minimum absolute atomic E-state index is 0.0725. The Kier molecular flexibility index (Phi) is 3.34. The van der Waals surface area contributed by atoms with Crippen molar-refractivity contribution in [1.82, 2.24) is 9.78 Å². The summed E-state index contributed by atoms with van der Waals surface area (Å²) in [5.41, 5.74) is 1.62. The number of hydrogen-bond donors (Lipinski definition) is 1. The quantitative estimate of drug-likeness (QED) is 0.914. The van der Waals surface area contributed by atoms with Gasteiger partial charge in [0.25, 0.3) is 0 Å². The third kappa shape index (κ3) is 2.47. The molecule has 0 aliphatic rings. The minimum atomic E-state index is -3.77. The van der Waals surface area contributed by atoms with E-state index in [4.69, 9.17) is 9.88 Å². The molecule has 1 aromatic carbocycles. The van der Waals surface area contributed by atoms with Crippen LogP contribution in [0.2, 0.25) is 0 Å². The number of ether oxygens (including phenoxy) is 1. The van der Waals surface area contributed by atoms with Gasteiger partial charge < -0.3 is 4.74 Å². The summed E-state index contributed by atoms with van der Waals surface area (Å²) >= 11 is 0. The molecule has 0 unspecified atom stereocenters.